The highest BCUT2D eigenvalue weighted by Crippen LogP contribution is 2.16. The molecule has 0 aromatic heterocycles. The minimum atomic E-state index is -0.695. The van der Waals surface area contributed by atoms with Gasteiger partial charge in [-0.15, -0.1) is 0 Å². The highest BCUT2D eigenvalue weighted by atomic mass is 16.4. The lowest BCUT2D eigenvalue weighted by molar-refractivity contribution is -0.141. The molecule has 0 saturated heterocycles. The van der Waals surface area contributed by atoms with E-state index in [1.807, 2.05) is 6.92 Å². The number of carboxylic acids is 2. The van der Waals surface area contributed by atoms with Gasteiger partial charge in [0.1, 0.15) is 0 Å². The van der Waals surface area contributed by atoms with Crippen molar-refractivity contribution in [2.24, 2.45) is 11.8 Å². The van der Waals surface area contributed by atoms with Crippen LogP contribution < -0.4 is 0 Å². The molecule has 0 bridgehead atoms. The lowest BCUT2D eigenvalue weighted by Gasteiger charge is -2.08. The quantitative estimate of drug-likeness (QED) is 0.455. The summed E-state index contributed by atoms with van der Waals surface area (Å²) in [6.07, 6.45) is 11.4. The number of rotatable bonds is 14. The standard InChI is InChI=1S/C17H32O4/c1-14(13-16(18)19)11-9-7-5-3-4-6-8-10-12-15(2)17(20)21/h14-15H,3-13H2,1-2H3,(H,18,19)(H,20,21). The van der Waals surface area contributed by atoms with Gasteiger partial charge in [-0.1, -0.05) is 71.6 Å². The van der Waals surface area contributed by atoms with Crippen LogP contribution in [0.5, 0.6) is 0 Å². The van der Waals surface area contributed by atoms with Crippen molar-refractivity contribution in [1.29, 1.82) is 0 Å². The van der Waals surface area contributed by atoms with Crippen molar-refractivity contribution < 1.29 is 19.8 Å². The minimum absolute atomic E-state index is 0.210. The van der Waals surface area contributed by atoms with Gasteiger partial charge in [-0.2, -0.15) is 0 Å². The van der Waals surface area contributed by atoms with E-state index in [1.165, 1.54) is 32.1 Å². The van der Waals surface area contributed by atoms with Gasteiger partial charge < -0.3 is 10.2 Å². The topological polar surface area (TPSA) is 74.6 Å². The van der Waals surface area contributed by atoms with Gasteiger partial charge in [0.2, 0.25) is 0 Å². The lowest BCUT2D eigenvalue weighted by atomic mass is 9.98. The second kappa shape index (κ2) is 12.7. The molecule has 4 heteroatoms. The predicted molar refractivity (Wildman–Crippen MR) is 84.4 cm³/mol. The maximum absolute atomic E-state index is 10.6. The van der Waals surface area contributed by atoms with Gasteiger partial charge in [0.25, 0.3) is 0 Å². The SMILES string of the molecule is CC(CCCCCCCCCCC(C)C(=O)O)CC(=O)O. The van der Waals surface area contributed by atoms with Crippen molar-refractivity contribution in [3.63, 3.8) is 0 Å². The Morgan fingerprint density at radius 3 is 1.62 bits per heavy atom. The fourth-order valence-electron chi connectivity index (χ4n) is 2.53. The summed E-state index contributed by atoms with van der Waals surface area (Å²) in [5.74, 6) is -1.30. The summed E-state index contributed by atoms with van der Waals surface area (Å²) in [6.45, 7) is 3.78. The van der Waals surface area contributed by atoms with Crippen LogP contribution in [0.2, 0.25) is 0 Å². The molecule has 2 unspecified atom stereocenters. The number of aliphatic carboxylic acids is 2. The number of hydrogen-bond acceptors (Lipinski definition) is 2. The first kappa shape index (κ1) is 19.9. The molecule has 0 aliphatic carbocycles. The molecule has 0 aliphatic heterocycles. The van der Waals surface area contributed by atoms with Crippen LogP contribution >= 0.6 is 0 Å². The Hall–Kier alpha value is -1.06. The summed E-state index contributed by atoms with van der Waals surface area (Å²) in [5.41, 5.74) is 0. The number of carboxylic acid groups (broad SMARTS) is 2. The van der Waals surface area contributed by atoms with Crippen LogP contribution in [0, 0.1) is 11.8 Å². The van der Waals surface area contributed by atoms with Crippen molar-refractivity contribution in [3.8, 4) is 0 Å². The predicted octanol–water partition coefficient (Wildman–Crippen LogP) is 4.72. The molecule has 0 aromatic rings. The van der Waals surface area contributed by atoms with Crippen molar-refractivity contribution in [3.05, 3.63) is 0 Å². The Kier molecular flexibility index (Phi) is 12.0. The summed E-state index contributed by atoms with van der Waals surface area (Å²) < 4.78 is 0. The van der Waals surface area contributed by atoms with Crippen LogP contribution in [0.4, 0.5) is 0 Å². The molecular formula is C17H32O4. The van der Waals surface area contributed by atoms with Gasteiger partial charge in [0, 0.05) is 6.42 Å². The minimum Gasteiger partial charge on any atom is -0.481 e. The molecule has 2 N–H and O–H groups in total. The average molecular weight is 300 g/mol. The summed E-state index contributed by atoms with van der Waals surface area (Å²) in [4.78, 5) is 21.2. The van der Waals surface area contributed by atoms with Crippen molar-refractivity contribution in [2.45, 2.75) is 84.5 Å². The highest BCUT2D eigenvalue weighted by Gasteiger charge is 2.09. The summed E-state index contributed by atoms with van der Waals surface area (Å²) >= 11 is 0. The number of carbonyl (C=O) groups is 2. The van der Waals surface area contributed by atoms with E-state index in [0.29, 0.717) is 5.92 Å². The highest BCUT2D eigenvalue weighted by molar-refractivity contribution is 5.69. The van der Waals surface area contributed by atoms with E-state index in [-0.39, 0.29) is 12.3 Å². The molecule has 0 aliphatic rings. The van der Waals surface area contributed by atoms with Crippen LogP contribution in [0.3, 0.4) is 0 Å². The van der Waals surface area contributed by atoms with Gasteiger partial charge in [-0.3, -0.25) is 9.59 Å². The molecule has 0 radical (unpaired) electrons. The number of unbranched alkanes of at least 4 members (excludes halogenated alkanes) is 7. The lowest BCUT2D eigenvalue weighted by Crippen LogP contribution is -2.08. The van der Waals surface area contributed by atoms with Gasteiger partial charge >= 0.3 is 11.9 Å². The van der Waals surface area contributed by atoms with Gasteiger partial charge in [-0.05, 0) is 12.3 Å². The molecule has 0 rings (SSSR count). The molecule has 0 saturated carbocycles. The first-order valence-corrected chi connectivity index (χ1v) is 8.38. The molecule has 0 fully saturated rings. The van der Waals surface area contributed by atoms with Gasteiger partial charge in [0.15, 0.2) is 0 Å². The van der Waals surface area contributed by atoms with Crippen LogP contribution in [-0.4, -0.2) is 22.2 Å². The maximum Gasteiger partial charge on any atom is 0.306 e. The van der Waals surface area contributed by atoms with Crippen LogP contribution in [0.15, 0.2) is 0 Å². The third-order valence-electron chi connectivity index (χ3n) is 4.03. The zero-order valence-electron chi connectivity index (χ0n) is 13.6. The molecule has 2 atom stereocenters. The third kappa shape index (κ3) is 13.7. The molecule has 0 heterocycles. The van der Waals surface area contributed by atoms with Crippen molar-refractivity contribution >= 4 is 11.9 Å². The van der Waals surface area contributed by atoms with Crippen LogP contribution in [0.1, 0.15) is 84.5 Å². The second-order valence-electron chi connectivity index (χ2n) is 6.35. The third-order valence-corrected chi connectivity index (χ3v) is 4.03. The molecule has 4 nitrogen and oxygen atoms in total. The van der Waals surface area contributed by atoms with E-state index in [2.05, 4.69) is 0 Å². The Balaban J connectivity index is 3.23. The maximum atomic E-state index is 10.6. The average Bonchev–Trinajstić information content (AvgIpc) is 2.39. The Labute approximate surface area is 128 Å². The number of hydrogen-bond donors (Lipinski definition) is 2. The molecule has 0 aromatic carbocycles. The smallest absolute Gasteiger partial charge is 0.306 e. The van der Waals surface area contributed by atoms with Crippen molar-refractivity contribution in [1.82, 2.24) is 0 Å². The van der Waals surface area contributed by atoms with Crippen LogP contribution in [0.25, 0.3) is 0 Å². The first-order valence-electron chi connectivity index (χ1n) is 8.38. The Bertz CT molecular complexity index is 289. The molecule has 21 heavy (non-hydrogen) atoms. The molecule has 0 spiro atoms. The zero-order chi connectivity index (χ0) is 16.1. The Morgan fingerprint density at radius 1 is 0.762 bits per heavy atom. The first-order chi connectivity index (χ1) is 9.93. The fraction of sp³-hybridized carbons (Fsp3) is 0.882. The second-order valence-corrected chi connectivity index (χ2v) is 6.35. The monoisotopic (exact) mass is 300 g/mol. The summed E-state index contributed by atoms with van der Waals surface area (Å²) in [6, 6.07) is 0. The Morgan fingerprint density at radius 2 is 1.19 bits per heavy atom. The van der Waals surface area contributed by atoms with E-state index in [9.17, 15) is 9.59 Å². The zero-order valence-corrected chi connectivity index (χ0v) is 13.6. The van der Waals surface area contributed by atoms with E-state index in [1.54, 1.807) is 6.92 Å². The van der Waals surface area contributed by atoms with E-state index >= 15 is 0 Å². The van der Waals surface area contributed by atoms with E-state index in [0.717, 1.165) is 32.1 Å². The van der Waals surface area contributed by atoms with Crippen molar-refractivity contribution in [2.75, 3.05) is 0 Å². The normalized spacial score (nSPS) is 13.8. The van der Waals surface area contributed by atoms with E-state index in [4.69, 9.17) is 10.2 Å². The molecule has 124 valence electrons. The summed E-state index contributed by atoms with van der Waals surface area (Å²) in [7, 11) is 0. The van der Waals surface area contributed by atoms with E-state index < -0.39 is 11.9 Å². The van der Waals surface area contributed by atoms with Crippen LogP contribution in [-0.2, 0) is 9.59 Å². The molecular weight excluding hydrogens is 268 g/mol. The summed E-state index contributed by atoms with van der Waals surface area (Å²) in [5, 5.41) is 17.4. The fourth-order valence-corrected chi connectivity index (χ4v) is 2.53. The van der Waals surface area contributed by atoms with Gasteiger partial charge in [0.05, 0.1) is 5.92 Å². The largest absolute Gasteiger partial charge is 0.481 e. The molecule has 0 amide bonds. The van der Waals surface area contributed by atoms with Gasteiger partial charge in [-0.25, -0.2) is 0 Å².